The molecule has 0 bridgehead atoms. The van der Waals surface area contributed by atoms with E-state index in [2.05, 4.69) is 45.1 Å². The number of carbonyl (C=O) groups is 4. The fourth-order valence-electron chi connectivity index (χ4n) is 8.58. The molecule has 3 aromatic heterocycles. The Hall–Kier alpha value is -5.80. The van der Waals surface area contributed by atoms with Gasteiger partial charge in [-0.05, 0) is 54.8 Å². The number of piperidine rings is 1. The Morgan fingerprint density at radius 3 is 2.41 bits per heavy atom. The summed E-state index contributed by atoms with van der Waals surface area (Å²) < 4.78 is 44.2. The van der Waals surface area contributed by atoms with E-state index in [4.69, 9.17) is 9.47 Å². The van der Waals surface area contributed by atoms with Crippen LogP contribution in [-0.2, 0) is 21.4 Å². The summed E-state index contributed by atoms with van der Waals surface area (Å²) in [5.74, 6) is -4.56. The van der Waals surface area contributed by atoms with Crippen LogP contribution in [0, 0.1) is 0 Å². The van der Waals surface area contributed by atoms with Crippen molar-refractivity contribution in [2.45, 2.75) is 62.7 Å². The second-order valence-electron chi connectivity index (χ2n) is 15.7. The average molecular weight is 792 g/mol. The van der Waals surface area contributed by atoms with Gasteiger partial charge in [-0.2, -0.15) is 0 Å². The van der Waals surface area contributed by atoms with Crippen molar-refractivity contribution in [2.75, 3.05) is 44.2 Å². The zero-order chi connectivity index (χ0) is 40.1. The number of nitrogens with one attached hydrogen (secondary N) is 1. The van der Waals surface area contributed by atoms with Crippen LogP contribution in [0.1, 0.15) is 59.2 Å². The summed E-state index contributed by atoms with van der Waals surface area (Å²) >= 11 is 0. The smallest absolute Gasteiger partial charge is 0.262 e. The topological polar surface area (TPSA) is 139 Å². The van der Waals surface area contributed by atoms with Gasteiger partial charge in [-0.3, -0.25) is 39.3 Å². The number of hydrogen-bond acceptors (Lipinski definition) is 10. The maximum absolute atomic E-state index is 15.0. The van der Waals surface area contributed by atoms with E-state index in [0.717, 1.165) is 37.8 Å². The summed E-state index contributed by atoms with van der Waals surface area (Å²) in [6, 6.07) is 16.2. The van der Waals surface area contributed by atoms with Gasteiger partial charge in [0, 0.05) is 118 Å². The number of imide groups is 2. The maximum atomic E-state index is 15.0. The quantitative estimate of drug-likeness (QED) is 0.130. The number of ether oxygens (including phenoxy) is 2. The first-order valence-electron chi connectivity index (χ1n) is 19.8. The summed E-state index contributed by atoms with van der Waals surface area (Å²) in [7, 11) is 2.06. The first-order chi connectivity index (χ1) is 28.0. The number of hydrogen-bond donors (Lipinski definition) is 1. The predicted molar refractivity (Wildman–Crippen MR) is 211 cm³/mol. The Balaban J connectivity index is 0.685. The molecule has 4 amide bonds. The van der Waals surface area contributed by atoms with Gasteiger partial charge in [-0.1, -0.05) is 12.1 Å². The standard InChI is InChI=1S/C43H43F2N7O6/c1-49-35-11-13-46-24-34(35)31-6-3-26(19-37(31)49)27-4-10-39(47-23-27)58-30-21-29(22-30)57-18-2-12-43(44,45)25-50-14-16-51(17-15-50)28-5-7-32-33(20-28)42(56)52(41(32)55)36-8-9-38(53)48-40(36)54/h3-7,10-11,13,19-20,23-24,29-30,36H,2,8-9,12,14-18,21-22,25H2,1H3,(H,48,53,54). The van der Waals surface area contributed by atoms with Gasteiger partial charge in [-0.25, -0.2) is 13.8 Å². The number of aryl methyl sites for hydroxylation is 1. The second-order valence-corrected chi connectivity index (χ2v) is 15.7. The Kier molecular flexibility index (Phi) is 9.88. The number of amides is 4. The SMILES string of the molecule is Cn1c2ccncc2c2ccc(-c3ccc(OC4CC(OCCCC(F)(F)CN5CCN(c6ccc7c(c6)C(=O)N(C6CCC(=O)NC6=O)C7=O)CC5)C4)nc3)cc21. The molecule has 3 fully saturated rings. The summed E-state index contributed by atoms with van der Waals surface area (Å²) in [6.07, 6.45) is 6.93. The zero-order valence-corrected chi connectivity index (χ0v) is 32.0. The lowest BCUT2D eigenvalue weighted by Crippen LogP contribution is -2.54. The van der Waals surface area contributed by atoms with E-state index in [1.807, 2.05) is 35.5 Å². The highest BCUT2D eigenvalue weighted by Gasteiger charge is 2.45. The van der Waals surface area contributed by atoms with Gasteiger partial charge in [0.1, 0.15) is 12.1 Å². The van der Waals surface area contributed by atoms with E-state index < -0.39 is 35.6 Å². The Morgan fingerprint density at radius 2 is 1.64 bits per heavy atom. The Labute approximate surface area is 332 Å². The lowest BCUT2D eigenvalue weighted by molar-refractivity contribution is -0.136. The van der Waals surface area contributed by atoms with Crippen molar-refractivity contribution < 1.29 is 37.4 Å². The summed E-state index contributed by atoms with van der Waals surface area (Å²) in [5, 5.41) is 4.48. The minimum absolute atomic E-state index is 0.0261. The molecule has 5 aromatic rings. The van der Waals surface area contributed by atoms with E-state index in [1.165, 1.54) is 0 Å². The van der Waals surface area contributed by atoms with Gasteiger partial charge >= 0.3 is 0 Å². The third-order valence-electron chi connectivity index (χ3n) is 11.9. The molecule has 2 aromatic carbocycles. The molecule has 1 aliphatic carbocycles. The summed E-state index contributed by atoms with van der Waals surface area (Å²) in [6.45, 7) is 1.69. The number of benzene rings is 2. The van der Waals surface area contributed by atoms with Crippen LogP contribution in [-0.4, -0.2) is 111 Å². The van der Waals surface area contributed by atoms with Crippen LogP contribution in [0.4, 0.5) is 14.5 Å². The molecule has 300 valence electrons. The molecule has 2 saturated heterocycles. The lowest BCUT2D eigenvalue weighted by Gasteiger charge is -2.37. The van der Waals surface area contributed by atoms with Crippen molar-refractivity contribution in [3.63, 3.8) is 0 Å². The first-order valence-corrected chi connectivity index (χ1v) is 19.8. The van der Waals surface area contributed by atoms with Gasteiger partial charge in [0.25, 0.3) is 17.7 Å². The largest absolute Gasteiger partial charge is 0.474 e. The van der Waals surface area contributed by atoms with Crippen LogP contribution in [0.15, 0.2) is 73.2 Å². The number of alkyl halides is 2. The van der Waals surface area contributed by atoms with Crippen molar-refractivity contribution in [1.29, 1.82) is 0 Å². The van der Waals surface area contributed by atoms with Crippen molar-refractivity contribution in [2.24, 2.45) is 7.05 Å². The highest BCUT2D eigenvalue weighted by molar-refractivity contribution is 6.23. The zero-order valence-electron chi connectivity index (χ0n) is 32.0. The molecule has 1 saturated carbocycles. The molecule has 58 heavy (non-hydrogen) atoms. The van der Waals surface area contributed by atoms with E-state index >= 15 is 8.78 Å². The van der Waals surface area contributed by atoms with Crippen molar-refractivity contribution >= 4 is 51.1 Å². The number of carbonyl (C=O) groups excluding carboxylic acids is 4. The molecule has 1 atom stereocenters. The molecular weight excluding hydrogens is 749 g/mol. The minimum Gasteiger partial charge on any atom is -0.474 e. The van der Waals surface area contributed by atoms with E-state index in [9.17, 15) is 19.2 Å². The minimum atomic E-state index is -2.87. The summed E-state index contributed by atoms with van der Waals surface area (Å²) in [5.41, 5.74) is 5.41. The molecular formula is C43H43F2N7O6. The normalized spacial score (nSPS) is 21.5. The van der Waals surface area contributed by atoms with Crippen LogP contribution in [0.3, 0.4) is 0 Å². The number of pyridine rings is 2. The van der Waals surface area contributed by atoms with Gasteiger partial charge in [-0.15, -0.1) is 0 Å². The highest BCUT2D eigenvalue weighted by atomic mass is 19.3. The Bertz CT molecular complexity index is 2420. The van der Waals surface area contributed by atoms with Gasteiger partial charge in [0.2, 0.25) is 17.7 Å². The number of halogens is 2. The molecule has 15 heteroatoms. The maximum Gasteiger partial charge on any atom is 0.262 e. The number of rotatable bonds is 12. The van der Waals surface area contributed by atoms with Gasteiger partial charge in [0.15, 0.2) is 0 Å². The monoisotopic (exact) mass is 791 g/mol. The van der Waals surface area contributed by atoms with E-state index in [-0.39, 0.29) is 62.2 Å². The first kappa shape index (κ1) is 37.8. The van der Waals surface area contributed by atoms with Crippen molar-refractivity contribution in [3.05, 3.63) is 84.3 Å². The number of anilines is 1. The molecule has 13 nitrogen and oxygen atoms in total. The van der Waals surface area contributed by atoms with Gasteiger partial charge < -0.3 is 18.9 Å². The fraction of sp³-hybridized carbons (Fsp3) is 0.395. The van der Waals surface area contributed by atoms with Crippen molar-refractivity contribution in [1.82, 2.24) is 29.7 Å². The average Bonchev–Trinajstić information content (AvgIpc) is 3.63. The molecule has 3 aliphatic heterocycles. The second kappa shape index (κ2) is 15.2. The number of nitrogens with zero attached hydrogens (tertiary/aromatic N) is 6. The van der Waals surface area contributed by atoms with Crippen LogP contribution < -0.4 is 15.0 Å². The Morgan fingerprint density at radius 1 is 0.845 bits per heavy atom. The number of fused-ring (bicyclic) bond motifs is 4. The van der Waals surface area contributed by atoms with E-state index in [0.29, 0.717) is 50.6 Å². The molecule has 9 rings (SSSR count). The summed E-state index contributed by atoms with van der Waals surface area (Å²) in [4.78, 5) is 63.7. The lowest BCUT2D eigenvalue weighted by atomic mass is 9.92. The predicted octanol–water partition coefficient (Wildman–Crippen LogP) is 5.35. The molecule has 6 heterocycles. The third kappa shape index (κ3) is 7.28. The molecule has 0 radical (unpaired) electrons. The van der Waals surface area contributed by atoms with Crippen LogP contribution in [0.5, 0.6) is 5.88 Å². The molecule has 0 spiro atoms. The number of piperazine rings is 1. The molecule has 1 N–H and O–H groups in total. The fourth-order valence-corrected chi connectivity index (χ4v) is 8.58. The molecule has 4 aliphatic rings. The van der Waals surface area contributed by atoms with Gasteiger partial charge in [0.05, 0.1) is 29.3 Å². The van der Waals surface area contributed by atoms with E-state index in [1.54, 1.807) is 29.3 Å². The highest BCUT2D eigenvalue weighted by Crippen LogP contribution is 2.34. The third-order valence-corrected chi connectivity index (χ3v) is 11.9. The molecule has 1 unspecified atom stereocenters. The van der Waals surface area contributed by atoms with Crippen LogP contribution in [0.2, 0.25) is 0 Å². The van der Waals surface area contributed by atoms with Crippen molar-refractivity contribution in [3.8, 4) is 17.0 Å². The van der Waals surface area contributed by atoms with Crippen LogP contribution >= 0.6 is 0 Å². The number of aromatic nitrogens is 3. The van der Waals surface area contributed by atoms with Crippen LogP contribution in [0.25, 0.3) is 32.9 Å².